The molecule has 0 heterocycles. The normalized spacial score (nSPS) is 12.3. The molecule has 6 heteroatoms. The van der Waals surface area contributed by atoms with Crippen LogP contribution < -0.4 is 10.6 Å². The number of hydrogen-bond acceptors (Lipinski definition) is 5. The highest BCUT2D eigenvalue weighted by Crippen LogP contribution is 2.08. The molecular weight excluding hydrogens is 320 g/mol. The van der Waals surface area contributed by atoms with E-state index >= 15 is 0 Å². The maximum absolute atomic E-state index is 12.1. The molecule has 0 aliphatic rings. The fourth-order valence-corrected chi connectivity index (χ4v) is 2.01. The smallest absolute Gasteiger partial charge is 0.407 e. The van der Waals surface area contributed by atoms with E-state index in [1.165, 1.54) is 0 Å². The third-order valence-corrected chi connectivity index (χ3v) is 3.06. The second-order valence-electron chi connectivity index (χ2n) is 6.64. The average molecular weight is 348 g/mol. The molecule has 0 aliphatic heterocycles. The van der Waals surface area contributed by atoms with Crippen molar-refractivity contribution in [2.75, 3.05) is 13.1 Å². The Labute approximate surface area is 150 Å². The van der Waals surface area contributed by atoms with Crippen LogP contribution in [0, 0.1) is 13.3 Å². The van der Waals surface area contributed by atoms with Crippen molar-refractivity contribution in [3.8, 4) is 0 Å². The fourth-order valence-electron chi connectivity index (χ4n) is 2.01. The highest BCUT2D eigenvalue weighted by Gasteiger charge is 2.21. The monoisotopic (exact) mass is 348 g/mol. The molecule has 0 saturated heterocycles. The lowest BCUT2D eigenvalue weighted by atomic mass is 10.2. The summed E-state index contributed by atoms with van der Waals surface area (Å²) < 4.78 is 10.5. The molecule has 25 heavy (non-hydrogen) atoms. The maximum Gasteiger partial charge on any atom is 0.407 e. The van der Waals surface area contributed by atoms with Crippen LogP contribution in [0.25, 0.3) is 0 Å². The summed E-state index contributed by atoms with van der Waals surface area (Å²) >= 11 is 0. The van der Waals surface area contributed by atoms with Crippen LogP contribution in [-0.2, 0) is 20.9 Å². The molecule has 1 atom stereocenters. The first-order valence-corrected chi connectivity index (χ1v) is 8.31. The molecule has 2 N–H and O–H groups in total. The second kappa shape index (κ2) is 10.7. The number of ether oxygens (including phenoxy) is 2. The van der Waals surface area contributed by atoms with E-state index in [0.717, 1.165) is 5.56 Å². The topological polar surface area (TPSA) is 76.7 Å². The van der Waals surface area contributed by atoms with E-state index in [9.17, 15) is 9.59 Å². The third-order valence-electron chi connectivity index (χ3n) is 3.06. The van der Waals surface area contributed by atoms with Gasteiger partial charge in [0.15, 0.2) is 0 Å². The van der Waals surface area contributed by atoms with Gasteiger partial charge in [-0.25, -0.2) is 4.79 Å². The van der Waals surface area contributed by atoms with E-state index in [-0.39, 0.29) is 19.0 Å². The molecule has 6 nitrogen and oxygen atoms in total. The molecule has 0 aliphatic carbocycles. The Morgan fingerprint density at radius 2 is 1.92 bits per heavy atom. The SMILES string of the molecule is [CH2][CH]CNCC(CC(=O)OCc1ccccc1)NC(=O)OC(C)(C)C. The first kappa shape index (κ1) is 21.0. The van der Waals surface area contributed by atoms with Crippen LogP contribution in [0.5, 0.6) is 0 Å². The summed E-state index contributed by atoms with van der Waals surface area (Å²) in [6.07, 6.45) is 1.20. The summed E-state index contributed by atoms with van der Waals surface area (Å²) in [5.74, 6) is -0.384. The van der Waals surface area contributed by atoms with E-state index < -0.39 is 17.7 Å². The Morgan fingerprint density at radius 3 is 2.52 bits per heavy atom. The fraction of sp³-hybridized carbons (Fsp3) is 0.474. The van der Waals surface area contributed by atoms with Crippen LogP contribution in [0.2, 0.25) is 0 Å². The largest absolute Gasteiger partial charge is 0.461 e. The molecular formula is C19H28N2O4. The Balaban J connectivity index is 2.50. The van der Waals surface area contributed by atoms with Gasteiger partial charge in [-0.3, -0.25) is 4.79 Å². The van der Waals surface area contributed by atoms with Crippen molar-refractivity contribution < 1.29 is 19.1 Å². The number of amides is 1. The van der Waals surface area contributed by atoms with Gasteiger partial charge in [-0.05, 0) is 46.2 Å². The molecule has 1 aromatic rings. The quantitative estimate of drug-likeness (QED) is 0.530. The van der Waals surface area contributed by atoms with Crippen LogP contribution in [0.15, 0.2) is 30.3 Å². The minimum absolute atomic E-state index is 0.0518. The molecule has 0 saturated carbocycles. The van der Waals surface area contributed by atoms with Gasteiger partial charge < -0.3 is 20.1 Å². The van der Waals surface area contributed by atoms with Crippen molar-refractivity contribution in [2.24, 2.45) is 0 Å². The van der Waals surface area contributed by atoms with E-state index in [1.807, 2.05) is 30.3 Å². The van der Waals surface area contributed by atoms with E-state index in [2.05, 4.69) is 17.6 Å². The number of esters is 1. The van der Waals surface area contributed by atoms with Crippen LogP contribution in [0.4, 0.5) is 4.79 Å². The number of benzene rings is 1. The summed E-state index contributed by atoms with van der Waals surface area (Å²) in [6.45, 7) is 10.2. The Morgan fingerprint density at radius 1 is 1.24 bits per heavy atom. The highest BCUT2D eigenvalue weighted by atomic mass is 16.6. The van der Waals surface area contributed by atoms with Gasteiger partial charge in [-0.2, -0.15) is 0 Å². The maximum atomic E-state index is 12.1. The van der Waals surface area contributed by atoms with Gasteiger partial charge in [-0.1, -0.05) is 30.3 Å². The summed E-state index contributed by atoms with van der Waals surface area (Å²) in [5, 5.41) is 5.79. The van der Waals surface area contributed by atoms with Gasteiger partial charge in [0.05, 0.1) is 12.5 Å². The van der Waals surface area contributed by atoms with Crippen molar-refractivity contribution in [1.29, 1.82) is 0 Å². The van der Waals surface area contributed by atoms with Crippen molar-refractivity contribution in [3.63, 3.8) is 0 Å². The standard InChI is InChI=1S/C19H28N2O4/c1-5-11-20-13-16(21-18(23)25-19(2,3)4)12-17(22)24-14-15-9-7-6-8-10-15/h5-10,16,20H,1,11-14H2,2-4H3,(H,21,23). The molecule has 1 unspecified atom stereocenters. The van der Waals surface area contributed by atoms with Gasteiger partial charge in [0, 0.05) is 6.54 Å². The van der Waals surface area contributed by atoms with Crippen LogP contribution in [-0.4, -0.2) is 36.8 Å². The van der Waals surface area contributed by atoms with Gasteiger partial charge in [-0.15, -0.1) is 0 Å². The summed E-state index contributed by atoms with van der Waals surface area (Å²) in [7, 11) is 0. The predicted molar refractivity (Wildman–Crippen MR) is 96.5 cm³/mol. The summed E-state index contributed by atoms with van der Waals surface area (Å²) in [4.78, 5) is 24.0. The molecule has 1 aromatic carbocycles. The summed E-state index contributed by atoms with van der Waals surface area (Å²) in [6, 6.07) is 9.00. The van der Waals surface area contributed by atoms with Crippen molar-refractivity contribution in [2.45, 2.75) is 45.4 Å². The predicted octanol–water partition coefficient (Wildman–Crippen LogP) is 2.64. The van der Waals surface area contributed by atoms with Crippen molar-refractivity contribution in [3.05, 3.63) is 49.2 Å². The zero-order chi connectivity index (χ0) is 18.7. The van der Waals surface area contributed by atoms with E-state index in [0.29, 0.717) is 13.1 Å². The number of carbonyl (C=O) groups excluding carboxylic acids is 2. The van der Waals surface area contributed by atoms with Gasteiger partial charge in [0.1, 0.15) is 12.2 Å². The van der Waals surface area contributed by atoms with Crippen molar-refractivity contribution >= 4 is 12.1 Å². The summed E-state index contributed by atoms with van der Waals surface area (Å²) in [5.41, 5.74) is 0.314. The molecule has 138 valence electrons. The van der Waals surface area contributed by atoms with Crippen LogP contribution in [0.3, 0.4) is 0 Å². The molecule has 0 aromatic heterocycles. The zero-order valence-corrected chi connectivity index (χ0v) is 15.2. The van der Waals surface area contributed by atoms with E-state index in [1.54, 1.807) is 27.2 Å². The van der Waals surface area contributed by atoms with Gasteiger partial charge in [0.25, 0.3) is 0 Å². The van der Waals surface area contributed by atoms with Gasteiger partial charge >= 0.3 is 12.1 Å². The number of rotatable bonds is 9. The lowest BCUT2D eigenvalue weighted by molar-refractivity contribution is -0.145. The first-order valence-electron chi connectivity index (χ1n) is 8.31. The number of carbonyl (C=O) groups is 2. The van der Waals surface area contributed by atoms with E-state index in [4.69, 9.17) is 9.47 Å². The Hall–Kier alpha value is -2.08. The minimum atomic E-state index is -0.600. The molecule has 0 fully saturated rings. The second-order valence-corrected chi connectivity index (χ2v) is 6.64. The first-order chi connectivity index (χ1) is 11.8. The third kappa shape index (κ3) is 10.4. The van der Waals surface area contributed by atoms with Crippen molar-refractivity contribution in [1.82, 2.24) is 10.6 Å². The average Bonchev–Trinajstić information content (AvgIpc) is 2.52. The highest BCUT2D eigenvalue weighted by molar-refractivity contribution is 5.73. The lowest BCUT2D eigenvalue weighted by Gasteiger charge is -2.23. The molecule has 0 bridgehead atoms. The van der Waals surface area contributed by atoms with Crippen LogP contribution in [0.1, 0.15) is 32.8 Å². The zero-order valence-electron chi connectivity index (χ0n) is 15.2. The van der Waals surface area contributed by atoms with Crippen LogP contribution >= 0.6 is 0 Å². The molecule has 0 spiro atoms. The number of alkyl carbamates (subject to hydrolysis) is 1. The number of hydrogen-bond donors (Lipinski definition) is 2. The van der Waals surface area contributed by atoms with Gasteiger partial charge in [0.2, 0.25) is 0 Å². The Kier molecular flexibility index (Phi) is 8.99. The molecule has 1 amide bonds. The molecule has 1 rings (SSSR count). The lowest BCUT2D eigenvalue weighted by Crippen LogP contribution is -2.45. The molecule has 2 radical (unpaired) electrons. The minimum Gasteiger partial charge on any atom is -0.461 e. The number of nitrogens with one attached hydrogen (secondary N) is 2. The Bertz CT molecular complexity index is 526.